The number of aromatic nitrogens is 1. The first-order valence-corrected chi connectivity index (χ1v) is 14.7. The fourth-order valence-electron chi connectivity index (χ4n) is 4.45. The highest BCUT2D eigenvalue weighted by Gasteiger charge is 2.34. The van der Waals surface area contributed by atoms with Crippen molar-refractivity contribution < 1.29 is 14.3 Å². The van der Waals surface area contributed by atoms with Crippen molar-refractivity contribution in [1.82, 2.24) is 4.57 Å². The van der Waals surface area contributed by atoms with Crippen molar-refractivity contribution >= 4 is 62.5 Å². The number of nitrogens with zero attached hydrogens (tertiary/aromatic N) is 2. The van der Waals surface area contributed by atoms with Gasteiger partial charge < -0.3 is 9.47 Å². The molecule has 6 nitrogen and oxygen atoms in total. The highest BCUT2D eigenvalue weighted by molar-refractivity contribution is 9.10. The number of ether oxygens (including phenoxy) is 2. The number of allylic oxidation sites excluding steroid dienone is 1. The Balaban J connectivity index is 1.53. The molecule has 5 rings (SSSR count). The van der Waals surface area contributed by atoms with Crippen molar-refractivity contribution in [1.29, 1.82) is 0 Å². The molecule has 0 saturated carbocycles. The summed E-state index contributed by atoms with van der Waals surface area (Å²) in [4.78, 5) is 31.9. The zero-order valence-corrected chi connectivity index (χ0v) is 25.4. The maximum absolute atomic E-state index is 13.8. The molecular formula is C30H23BrCl2N2O4S. The Bertz CT molecular complexity index is 1830. The fourth-order valence-corrected chi connectivity index (χ4v) is 6.46. The molecule has 40 heavy (non-hydrogen) atoms. The minimum atomic E-state index is -0.764. The molecule has 1 atom stereocenters. The van der Waals surface area contributed by atoms with Crippen LogP contribution in [0.4, 0.5) is 0 Å². The number of halogens is 3. The number of fused-ring (bicyclic) bond motifs is 1. The van der Waals surface area contributed by atoms with Crippen LogP contribution in [0.15, 0.2) is 92.3 Å². The van der Waals surface area contributed by atoms with Gasteiger partial charge in [-0.15, -0.1) is 0 Å². The lowest BCUT2D eigenvalue weighted by molar-refractivity contribution is -0.139. The molecule has 0 radical (unpaired) electrons. The normalized spacial score (nSPS) is 15.0. The van der Waals surface area contributed by atoms with Gasteiger partial charge in [-0.3, -0.25) is 9.36 Å². The van der Waals surface area contributed by atoms with Crippen LogP contribution >= 0.6 is 50.5 Å². The Morgan fingerprint density at radius 3 is 2.65 bits per heavy atom. The summed E-state index contributed by atoms with van der Waals surface area (Å²) in [7, 11) is 0. The average molecular weight is 658 g/mol. The van der Waals surface area contributed by atoms with E-state index in [4.69, 9.17) is 32.7 Å². The second-order valence-corrected chi connectivity index (χ2v) is 11.6. The maximum atomic E-state index is 13.8. The van der Waals surface area contributed by atoms with Gasteiger partial charge in [0, 0.05) is 10.0 Å². The lowest BCUT2D eigenvalue weighted by Gasteiger charge is -2.25. The van der Waals surface area contributed by atoms with Crippen LogP contribution in [0.25, 0.3) is 6.08 Å². The van der Waals surface area contributed by atoms with Crippen molar-refractivity contribution in [3.63, 3.8) is 0 Å². The molecule has 0 amide bonds. The molecule has 0 saturated heterocycles. The van der Waals surface area contributed by atoms with Gasteiger partial charge in [-0.2, -0.15) is 0 Å². The summed E-state index contributed by atoms with van der Waals surface area (Å²) >= 11 is 17.5. The van der Waals surface area contributed by atoms with Crippen molar-refractivity contribution in [3.8, 4) is 5.75 Å². The molecule has 0 fully saturated rings. The predicted octanol–water partition coefficient (Wildman–Crippen LogP) is 6.45. The standard InChI is InChI=1S/C30H23BrCl2N2O4S/c1-3-38-29(37)26-17(2)34-30-35(27(26)21-9-4-5-10-23(21)33)28(36)25(40-30)15-18-11-12-24(22(31)14-18)39-16-19-7-6-8-20(32)13-19/h4-15,27H,3,16H2,1-2H3/b25-15-/t27-/m0/s1. The van der Waals surface area contributed by atoms with Gasteiger partial charge in [0.15, 0.2) is 4.80 Å². The van der Waals surface area contributed by atoms with Crippen molar-refractivity contribution in [2.24, 2.45) is 4.99 Å². The van der Waals surface area contributed by atoms with Crippen LogP contribution in [0.2, 0.25) is 10.0 Å². The van der Waals surface area contributed by atoms with E-state index in [0.29, 0.717) is 43.0 Å². The Morgan fingerprint density at radius 1 is 1.12 bits per heavy atom. The lowest BCUT2D eigenvalue weighted by Crippen LogP contribution is -2.40. The van der Waals surface area contributed by atoms with Gasteiger partial charge in [0.1, 0.15) is 18.4 Å². The molecular weight excluding hydrogens is 635 g/mol. The summed E-state index contributed by atoms with van der Waals surface area (Å²) in [5, 5.41) is 1.09. The van der Waals surface area contributed by atoms with E-state index in [1.165, 1.54) is 15.9 Å². The molecule has 2 heterocycles. The van der Waals surface area contributed by atoms with Crippen molar-refractivity contribution in [2.75, 3.05) is 6.61 Å². The number of thiazole rings is 1. The molecule has 0 spiro atoms. The van der Waals surface area contributed by atoms with Gasteiger partial charge in [-0.1, -0.05) is 70.9 Å². The SMILES string of the molecule is CCOC(=O)C1=C(C)N=c2s/c(=C\c3ccc(OCc4cccc(Cl)c4)c(Br)c3)c(=O)n2[C@H]1c1ccccc1Cl. The summed E-state index contributed by atoms with van der Waals surface area (Å²) in [6.45, 7) is 4.04. The third kappa shape index (κ3) is 5.81. The first kappa shape index (κ1) is 28.4. The van der Waals surface area contributed by atoms with E-state index in [1.807, 2.05) is 48.5 Å². The monoisotopic (exact) mass is 656 g/mol. The highest BCUT2D eigenvalue weighted by atomic mass is 79.9. The number of esters is 1. The Hall–Kier alpha value is -3.17. The van der Waals surface area contributed by atoms with E-state index in [0.717, 1.165) is 15.6 Å². The van der Waals surface area contributed by atoms with E-state index in [-0.39, 0.29) is 17.7 Å². The van der Waals surface area contributed by atoms with Crippen molar-refractivity contribution in [2.45, 2.75) is 26.5 Å². The van der Waals surface area contributed by atoms with E-state index in [2.05, 4.69) is 20.9 Å². The van der Waals surface area contributed by atoms with Gasteiger partial charge in [0.05, 0.1) is 26.9 Å². The van der Waals surface area contributed by atoms with Crippen LogP contribution in [-0.2, 0) is 16.1 Å². The summed E-state index contributed by atoms with van der Waals surface area (Å²) in [5.41, 5.74) is 2.87. The maximum Gasteiger partial charge on any atom is 0.338 e. The molecule has 0 unspecified atom stereocenters. The van der Waals surface area contributed by atoms with E-state index < -0.39 is 12.0 Å². The molecule has 204 valence electrons. The van der Waals surface area contributed by atoms with Crippen LogP contribution in [0.3, 0.4) is 0 Å². The second kappa shape index (κ2) is 12.1. The minimum absolute atomic E-state index is 0.197. The van der Waals surface area contributed by atoms with Gasteiger partial charge in [0.25, 0.3) is 5.56 Å². The van der Waals surface area contributed by atoms with Gasteiger partial charge >= 0.3 is 5.97 Å². The van der Waals surface area contributed by atoms with E-state index in [9.17, 15) is 9.59 Å². The third-order valence-corrected chi connectivity index (χ3v) is 8.44. The Kier molecular flexibility index (Phi) is 8.61. The Morgan fingerprint density at radius 2 is 1.93 bits per heavy atom. The molecule has 1 aliphatic rings. The highest BCUT2D eigenvalue weighted by Crippen LogP contribution is 2.34. The van der Waals surface area contributed by atoms with Crippen LogP contribution in [0.5, 0.6) is 5.75 Å². The molecule has 1 aliphatic heterocycles. The van der Waals surface area contributed by atoms with Crippen LogP contribution in [0.1, 0.15) is 36.6 Å². The lowest BCUT2D eigenvalue weighted by atomic mass is 9.96. The zero-order chi connectivity index (χ0) is 28.4. The number of carbonyl (C=O) groups is 1. The third-order valence-electron chi connectivity index (χ3n) is 6.25. The second-order valence-electron chi connectivity index (χ2n) is 8.93. The summed E-state index contributed by atoms with van der Waals surface area (Å²) in [6.07, 6.45) is 1.79. The molecule has 0 N–H and O–H groups in total. The van der Waals surface area contributed by atoms with E-state index >= 15 is 0 Å². The number of benzene rings is 3. The zero-order valence-electron chi connectivity index (χ0n) is 21.5. The van der Waals surface area contributed by atoms with E-state index in [1.54, 1.807) is 38.1 Å². The summed E-state index contributed by atoms with van der Waals surface area (Å²) in [5.74, 6) is 0.132. The minimum Gasteiger partial charge on any atom is -0.488 e. The number of hydrogen-bond donors (Lipinski definition) is 0. The van der Waals surface area contributed by atoms with Gasteiger partial charge in [-0.05, 0) is 82.9 Å². The van der Waals surface area contributed by atoms with Crippen LogP contribution in [-0.4, -0.2) is 17.1 Å². The van der Waals surface area contributed by atoms with Crippen LogP contribution < -0.4 is 19.6 Å². The smallest absolute Gasteiger partial charge is 0.338 e. The van der Waals surface area contributed by atoms with Gasteiger partial charge in [0.2, 0.25) is 0 Å². The number of carbonyl (C=O) groups excluding carboxylic acids is 1. The van der Waals surface area contributed by atoms with Crippen molar-refractivity contribution in [3.05, 3.63) is 129 Å². The topological polar surface area (TPSA) is 69.9 Å². The first-order valence-electron chi connectivity index (χ1n) is 12.4. The number of rotatable bonds is 7. The fraction of sp³-hybridized carbons (Fsp3) is 0.167. The summed E-state index contributed by atoms with van der Waals surface area (Å²) in [6, 6.07) is 19.5. The molecule has 0 aliphatic carbocycles. The predicted molar refractivity (Wildman–Crippen MR) is 162 cm³/mol. The quantitative estimate of drug-likeness (QED) is 0.214. The molecule has 10 heteroatoms. The molecule has 3 aromatic carbocycles. The molecule has 4 aromatic rings. The molecule has 0 bridgehead atoms. The Labute approximate surface area is 252 Å². The first-order chi connectivity index (χ1) is 19.3. The van der Waals surface area contributed by atoms with Gasteiger partial charge in [-0.25, -0.2) is 9.79 Å². The summed E-state index contributed by atoms with van der Waals surface area (Å²) < 4.78 is 14.0. The molecule has 1 aromatic heterocycles. The number of hydrogen-bond acceptors (Lipinski definition) is 6. The average Bonchev–Trinajstić information content (AvgIpc) is 3.22. The largest absolute Gasteiger partial charge is 0.488 e. The van der Waals surface area contributed by atoms with Crippen LogP contribution in [0, 0.1) is 0 Å².